The molecule has 2 rings (SSSR count). The van der Waals surface area contributed by atoms with Crippen molar-refractivity contribution in [1.29, 1.82) is 0 Å². The highest BCUT2D eigenvalue weighted by atomic mass is 16.5. The molecule has 1 heterocycles. The first kappa shape index (κ1) is 18.5. The minimum absolute atomic E-state index is 0.0242. The third kappa shape index (κ3) is 4.81. The summed E-state index contributed by atoms with van der Waals surface area (Å²) in [6.07, 6.45) is 0.954. The summed E-state index contributed by atoms with van der Waals surface area (Å²) in [5.41, 5.74) is 1.67. The molecule has 0 aliphatic carbocycles. The van der Waals surface area contributed by atoms with E-state index >= 15 is 0 Å². The lowest BCUT2D eigenvalue weighted by atomic mass is 10.1. The molecule has 0 saturated carbocycles. The number of morpholine rings is 1. The summed E-state index contributed by atoms with van der Waals surface area (Å²) in [5, 5.41) is 2.92. The van der Waals surface area contributed by atoms with E-state index in [4.69, 9.17) is 4.74 Å². The zero-order chi connectivity index (χ0) is 17.7. The Morgan fingerprint density at radius 2 is 1.79 bits per heavy atom. The molecule has 0 spiro atoms. The van der Waals surface area contributed by atoms with Crippen LogP contribution in [-0.4, -0.2) is 42.0 Å². The van der Waals surface area contributed by atoms with Crippen LogP contribution in [0.2, 0.25) is 0 Å². The van der Waals surface area contributed by atoms with Gasteiger partial charge in [-0.15, -0.1) is 0 Å². The molecule has 1 aromatic rings. The summed E-state index contributed by atoms with van der Waals surface area (Å²) >= 11 is 0. The maximum absolute atomic E-state index is 12.6. The van der Waals surface area contributed by atoms with Crippen LogP contribution in [0.3, 0.4) is 0 Å². The van der Waals surface area contributed by atoms with Crippen LogP contribution in [0.5, 0.6) is 0 Å². The number of benzene rings is 1. The topological polar surface area (TPSA) is 58.6 Å². The average Bonchev–Trinajstić information content (AvgIpc) is 2.57. The molecule has 1 fully saturated rings. The number of carbonyl (C=O) groups excluding carboxylic acids is 2. The van der Waals surface area contributed by atoms with Crippen LogP contribution in [0.4, 0.5) is 0 Å². The summed E-state index contributed by atoms with van der Waals surface area (Å²) in [6.45, 7) is 9.62. The molecular formula is C19H28N2O3. The first-order valence-electron chi connectivity index (χ1n) is 8.72. The second-order valence-electron chi connectivity index (χ2n) is 6.69. The molecule has 5 nitrogen and oxygen atoms in total. The largest absolute Gasteiger partial charge is 0.372 e. The second-order valence-corrected chi connectivity index (χ2v) is 6.69. The Hall–Kier alpha value is -1.88. The quantitative estimate of drug-likeness (QED) is 0.902. The van der Waals surface area contributed by atoms with Gasteiger partial charge in [0.2, 0.25) is 5.91 Å². The van der Waals surface area contributed by atoms with Crippen LogP contribution in [0.25, 0.3) is 0 Å². The zero-order valence-corrected chi connectivity index (χ0v) is 15.0. The van der Waals surface area contributed by atoms with Crippen LogP contribution >= 0.6 is 0 Å². The van der Waals surface area contributed by atoms with Gasteiger partial charge in [0.15, 0.2) is 0 Å². The summed E-state index contributed by atoms with van der Waals surface area (Å²) in [7, 11) is 0. The summed E-state index contributed by atoms with van der Waals surface area (Å²) in [5.74, 6) is 0.122. The van der Waals surface area contributed by atoms with Crippen molar-refractivity contribution in [2.45, 2.75) is 52.9 Å². The van der Waals surface area contributed by atoms with E-state index in [0.29, 0.717) is 25.2 Å². The van der Waals surface area contributed by atoms with Crippen molar-refractivity contribution >= 4 is 11.8 Å². The van der Waals surface area contributed by atoms with Crippen molar-refractivity contribution in [3.63, 3.8) is 0 Å². The average molecular weight is 332 g/mol. The van der Waals surface area contributed by atoms with Gasteiger partial charge in [0.05, 0.1) is 12.2 Å². The highest BCUT2D eigenvalue weighted by Crippen LogP contribution is 2.15. The lowest BCUT2D eigenvalue weighted by Gasteiger charge is -2.35. The van der Waals surface area contributed by atoms with Gasteiger partial charge in [0.25, 0.3) is 5.91 Å². The molecule has 3 atom stereocenters. The third-order valence-corrected chi connectivity index (χ3v) is 4.43. The van der Waals surface area contributed by atoms with Gasteiger partial charge in [-0.1, -0.05) is 26.0 Å². The molecule has 24 heavy (non-hydrogen) atoms. The Balaban J connectivity index is 1.94. The van der Waals surface area contributed by atoms with Gasteiger partial charge >= 0.3 is 0 Å². The smallest absolute Gasteiger partial charge is 0.254 e. The molecular weight excluding hydrogens is 304 g/mol. The normalized spacial score (nSPS) is 22.1. The Labute approximate surface area is 144 Å². The standard InChI is InChI=1S/C19H28N2O3/c1-5-13(2)18(22)20-10-16-6-8-17(9-7-16)19(23)21-11-14(3)24-15(4)12-21/h6-9,13-15H,5,10-12H2,1-4H3,(H,20,22)/t13-,14+,15+/m0/s1. The van der Waals surface area contributed by atoms with Gasteiger partial charge in [-0.05, 0) is 38.0 Å². The molecule has 0 bridgehead atoms. The fraction of sp³-hybridized carbons (Fsp3) is 0.579. The van der Waals surface area contributed by atoms with E-state index in [9.17, 15) is 9.59 Å². The molecule has 1 aliphatic heterocycles. The fourth-order valence-corrected chi connectivity index (χ4v) is 2.84. The monoisotopic (exact) mass is 332 g/mol. The molecule has 5 heteroatoms. The number of hydrogen-bond donors (Lipinski definition) is 1. The number of ether oxygens (including phenoxy) is 1. The van der Waals surface area contributed by atoms with Crippen molar-refractivity contribution in [2.75, 3.05) is 13.1 Å². The number of nitrogens with zero attached hydrogens (tertiary/aromatic N) is 1. The SMILES string of the molecule is CC[C@H](C)C(=O)NCc1ccc(C(=O)N2C[C@@H](C)O[C@H](C)C2)cc1. The number of amides is 2. The molecule has 1 aliphatic rings. The van der Waals surface area contributed by atoms with Crippen molar-refractivity contribution in [2.24, 2.45) is 5.92 Å². The Bertz CT molecular complexity index is 560. The second kappa shape index (κ2) is 8.29. The molecule has 1 aromatic carbocycles. The number of rotatable bonds is 5. The van der Waals surface area contributed by atoms with Gasteiger partial charge < -0.3 is 15.0 Å². The van der Waals surface area contributed by atoms with Gasteiger partial charge in [-0.25, -0.2) is 0 Å². The van der Waals surface area contributed by atoms with E-state index in [2.05, 4.69) is 5.32 Å². The Morgan fingerprint density at radius 3 is 2.33 bits per heavy atom. The molecule has 1 N–H and O–H groups in total. The molecule has 1 saturated heterocycles. The lowest BCUT2D eigenvalue weighted by Crippen LogP contribution is -2.48. The third-order valence-electron chi connectivity index (χ3n) is 4.43. The van der Waals surface area contributed by atoms with E-state index < -0.39 is 0 Å². The van der Waals surface area contributed by atoms with Crippen LogP contribution in [-0.2, 0) is 16.1 Å². The first-order chi connectivity index (χ1) is 11.4. The summed E-state index contributed by atoms with van der Waals surface area (Å²) in [6, 6.07) is 7.46. The predicted molar refractivity (Wildman–Crippen MR) is 93.7 cm³/mol. The molecule has 0 radical (unpaired) electrons. The number of hydrogen-bond acceptors (Lipinski definition) is 3. The minimum Gasteiger partial charge on any atom is -0.372 e. The van der Waals surface area contributed by atoms with E-state index in [1.165, 1.54) is 0 Å². The van der Waals surface area contributed by atoms with Gasteiger partial charge in [-0.2, -0.15) is 0 Å². The Kier molecular flexibility index (Phi) is 6.37. The summed E-state index contributed by atoms with van der Waals surface area (Å²) < 4.78 is 5.67. The van der Waals surface area contributed by atoms with Crippen LogP contribution < -0.4 is 5.32 Å². The highest BCUT2D eigenvalue weighted by molar-refractivity contribution is 5.94. The van der Waals surface area contributed by atoms with Gasteiger partial charge in [-0.3, -0.25) is 9.59 Å². The fourth-order valence-electron chi connectivity index (χ4n) is 2.84. The van der Waals surface area contributed by atoms with Gasteiger partial charge in [0.1, 0.15) is 0 Å². The van der Waals surface area contributed by atoms with Crippen molar-refractivity contribution < 1.29 is 14.3 Å². The highest BCUT2D eigenvalue weighted by Gasteiger charge is 2.26. The van der Waals surface area contributed by atoms with E-state index in [-0.39, 0.29) is 29.9 Å². The van der Waals surface area contributed by atoms with Crippen molar-refractivity contribution in [1.82, 2.24) is 10.2 Å². The molecule has 132 valence electrons. The van der Waals surface area contributed by atoms with E-state index in [1.807, 2.05) is 56.9 Å². The van der Waals surface area contributed by atoms with E-state index in [0.717, 1.165) is 12.0 Å². The number of carbonyl (C=O) groups is 2. The van der Waals surface area contributed by atoms with Crippen molar-refractivity contribution in [3.05, 3.63) is 35.4 Å². The van der Waals surface area contributed by atoms with Gasteiger partial charge in [0, 0.05) is 31.1 Å². The zero-order valence-electron chi connectivity index (χ0n) is 15.0. The van der Waals surface area contributed by atoms with Crippen LogP contribution in [0, 0.1) is 5.92 Å². The lowest BCUT2D eigenvalue weighted by molar-refractivity contribution is -0.124. The molecule has 0 unspecified atom stereocenters. The number of nitrogens with one attached hydrogen (secondary N) is 1. The summed E-state index contributed by atoms with van der Waals surface area (Å²) in [4.78, 5) is 26.2. The molecule has 2 amide bonds. The minimum atomic E-state index is 0.0242. The maximum atomic E-state index is 12.6. The predicted octanol–water partition coefficient (Wildman–Crippen LogP) is 2.60. The molecule has 0 aromatic heterocycles. The maximum Gasteiger partial charge on any atom is 0.254 e. The van der Waals surface area contributed by atoms with E-state index in [1.54, 1.807) is 0 Å². The van der Waals surface area contributed by atoms with Crippen molar-refractivity contribution in [3.8, 4) is 0 Å². The Morgan fingerprint density at radius 1 is 1.21 bits per heavy atom. The first-order valence-corrected chi connectivity index (χ1v) is 8.72. The van der Waals surface area contributed by atoms with Crippen LogP contribution in [0.1, 0.15) is 50.0 Å². The van der Waals surface area contributed by atoms with Crippen LogP contribution in [0.15, 0.2) is 24.3 Å².